The molecule has 0 saturated carbocycles. The summed E-state index contributed by atoms with van der Waals surface area (Å²) in [5.74, 6) is 0. The lowest BCUT2D eigenvalue weighted by Crippen LogP contribution is -2.08. The lowest BCUT2D eigenvalue weighted by atomic mass is 10.5. The molecule has 0 unspecified atom stereocenters. The summed E-state index contributed by atoms with van der Waals surface area (Å²) in [7, 11) is 6.78. The molecule has 2 aliphatic heterocycles. The van der Waals surface area contributed by atoms with Crippen LogP contribution in [0.2, 0.25) is 0 Å². The van der Waals surface area contributed by atoms with Crippen molar-refractivity contribution in [1.29, 1.82) is 0 Å². The van der Waals surface area contributed by atoms with Crippen molar-refractivity contribution in [2.45, 2.75) is 0 Å². The highest BCUT2D eigenvalue weighted by atomic mass is 33.1. The van der Waals surface area contributed by atoms with Crippen molar-refractivity contribution >= 4 is 76.0 Å². The van der Waals surface area contributed by atoms with Gasteiger partial charge in [0.1, 0.15) is 0 Å². The minimum Gasteiger partial charge on any atom is -0.0703 e. The molecule has 10 heavy (non-hydrogen) atoms. The van der Waals surface area contributed by atoms with E-state index in [1.807, 2.05) is 0 Å². The Morgan fingerprint density at radius 3 is 1.20 bits per heavy atom. The summed E-state index contributed by atoms with van der Waals surface area (Å²) in [6.45, 7) is 0. The average molecular weight is 240 g/mol. The van der Waals surface area contributed by atoms with Crippen molar-refractivity contribution < 1.29 is 0 Å². The fourth-order valence-corrected chi connectivity index (χ4v) is 5.69. The van der Waals surface area contributed by atoms with Crippen molar-refractivity contribution in [1.82, 2.24) is 0 Å². The summed E-state index contributed by atoms with van der Waals surface area (Å²) in [6, 6.07) is 0. The summed E-state index contributed by atoms with van der Waals surface area (Å²) in [5, 5.41) is 0. The molecule has 0 amide bonds. The molecule has 2 heterocycles. The molecule has 0 nitrogen and oxygen atoms in total. The number of rotatable bonds is 0. The van der Waals surface area contributed by atoms with Gasteiger partial charge in [-0.05, 0) is 43.2 Å². The summed E-state index contributed by atoms with van der Waals surface area (Å²) in [6.07, 6.45) is 0. The Kier molecular flexibility index (Phi) is 2.37. The maximum absolute atomic E-state index is 5.04. The van der Waals surface area contributed by atoms with Gasteiger partial charge >= 0.3 is 0 Å². The molecular weight excluding hydrogens is 240 g/mol. The van der Waals surface area contributed by atoms with Crippen LogP contribution in [0.5, 0.6) is 0 Å². The molecule has 0 aromatic heterocycles. The maximum atomic E-state index is 5.04. The first-order valence-corrected chi connectivity index (χ1v) is 7.42. The van der Waals surface area contributed by atoms with E-state index < -0.39 is 0 Å². The Morgan fingerprint density at radius 2 is 1.10 bits per heavy atom. The van der Waals surface area contributed by atoms with Gasteiger partial charge in [0.15, 0.2) is 0 Å². The van der Waals surface area contributed by atoms with Crippen LogP contribution in [0.15, 0.2) is 9.81 Å². The predicted octanol–water partition coefficient (Wildman–Crippen LogP) is 3.64. The van der Waals surface area contributed by atoms with E-state index >= 15 is 0 Å². The van der Waals surface area contributed by atoms with E-state index in [0.717, 1.165) is 8.39 Å². The molecule has 2 saturated heterocycles. The van der Waals surface area contributed by atoms with Gasteiger partial charge in [0, 0.05) is 0 Å². The van der Waals surface area contributed by atoms with Crippen LogP contribution in [-0.2, 0) is 0 Å². The minimum absolute atomic E-state index is 1.01. The van der Waals surface area contributed by atoms with Gasteiger partial charge in [-0.2, -0.15) is 0 Å². The van der Waals surface area contributed by atoms with Gasteiger partial charge in [-0.3, -0.25) is 0 Å². The second kappa shape index (κ2) is 2.99. The molecule has 2 rings (SSSR count). The summed E-state index contributed by atoms with van der Waals surface area (Å²) in [4.78, 5) is 2.46. The van der Waals surface area contributed by atoms with E-state index in [2.05, 4.69) is 0 Å². The van der Waals surface area contributed by atoms with Crippen LogP contribution in [-0.4, -0.2) is 8.39 Å². The van der Waals surface area contributed by atoms with Crippen LogP contribution < -0.4 is 0 Å². The average Bonchev–Trinajstić information content (AvgIpc) is 1.93. The van der Waals surface area contributed by atoms with Gasteiger partial charge in [-0.25, -0.2) is 0 Å². The molecule has 0 spiro atoms. The predicted molar refractivity (Wildman–Crippen MR) is 62.6 cm³/mol. The summed E-state index contributed by atoms with van der Waals surface area (Å²) < 4.78 is 2.02. The highest BCUT2D eigenvalue weighted by Crippen LogP contribution is 2.58. The van der Waals surface area contributed by atoms with Crippen molar-refractivity contribution in [3.63, 3.8) is 0 Å². The number of thiocarbonyl (C=S) groups is 2. The highest BCUT2D eigenvalue weighted by molar-refractivity contribution is 8.92. The molecule has 0 aliphatic carbocycles. The Balaban J connectivity index is 2.28. The van der Waals surface area contributed by atoms with Crippen molar-refractivity contribution in [3.8, 4) is 0 Å². The van der Waals surface area contributed by atoms with E-state index in [1.54, 1.807) is 43.2 Å². The summed E-state index contributed by atoms with van der Waals surface area (Å²) in [5.41, 5.74) is 0. The topological polar surface area (TPSA) is 0 Å². The number of hydrogen-bond acceptors (Lipinski definition) is 6. The molecule has 6 heteroatoms. The third-order valence-corrected chi connectivity index (χ3v) is 7.69. The van der Waals surface area contributed by atoms with E-state index in [4.69, 9.17) is 24.4 Å². The zero-order chi connectivity index (χ0) is 7.14. The van der Waals surface area contributed by atoms with Gasteiger partial charge in [0.05, 0.1) is 18.2 Å². The fraction of sp³-hybridized carbons (Fsp3) is 0. The molecular formula is C4S6. The van der Waals surface area contributed by atoms with Gasteiger partial charge in [0.25, 0.3) is 0 Å². The third kappa shape index (κ3) is 1.19. The van der Waals surface area contributed by atoms with Crippen LogP contribution in [0, 0.1) is 0 Å². The van der Waals surface area contributed by atoms with Gasteiger partial charge in [0.2, 0.25) is 0 Å². The van der Waals surface area contributed by atoms with Crippen molar-refractivity contribution in [3.05, 3.63) is 9.81 Å². The van der Waals surface area contributed by atoms with Crippen LogP contribution in [0.3, 0.4) is 0 Å². The fourth-order valence-electron chi connectivity index (χ4n) is 0.496. The van der Waals surface area contributed by atoms with Crippen molar-refractivity contribution in [2.75, 3.05) is 0 Å². The molecule has 52 valence electrons. The standard InChI is InChI=1S/C4S6/c5-3-1(7-9-3)2-4(6)10-8-2. The Morgan fingerprint density at radius 1 is 0.700 bits per heavy atom. The largest absolute Gasteiger partial charge is 0.0973 e. The first kappa shape index (κ1) is 7.94. The molecule has 2 aliphatic rings. The monoisotopic (exact) mass is 240 g/mol. The Bertz CT molecular complexity index is 224. The highest BCUT2D eigenvalue weighted by Gasteiger charge is 2.31. The van der Waals surface area contributed by atoms with Crippen molar-refractivity contribution in [2.24, 2.45) is 0 Å². The smallest absolute Gasteiger partial charge is 0.0703 e. The third-order valence-electron chi connectivity index (χ3n) is 0.978. The minimum atomic E-state index is 1.01. The van der Waals surface area contributed by atoms with E-state index in [0.29, 0.717) is 0 Å². The first-order valence-electron chi connectivity index (χ1n) is 2.31. The molecule has 0 atom stereocenters. The Labute approximate surface area is 85.1 Å². The van der Waals surface area contributed by atoms with E-state index in [9.17, 15) is 0 Å². The second-order valence-corrected chi connectivity index (χ2v) is 7.20. The first-order chi connectivity index (χ1) is 4.79. The van der Waals surface area contributed by atoms with Crippen LogP contribution in [0.1, 0.15) is 0 Å². The Hall–Kier alpha value is 1.32. The van der Waals surface area contributed by atoms with E-state index in [1.165, 1.54) is 9.81 Å². The van der Waals surface area contributed by atoms with Gasteiger partial charge in [-0.15, -0.1) is 0 Å². The van der Waals surface area contributed by atoms with Crippen LogP contribution in [0.25, 0.3) is 0 Å². The van der Waals surface area contributed by atoms with E-state index in [-0.39, 0.29) is 0 Å². The second-order valence-electron chi connectivity index (χ2n) is 1.57. The zero-order valence-corrected chi connectivity index (χ0v) is 9.35. The number of hydrogen-bond donors (Lipinski definition) is 0. The molecule has 0 aromatic carbocycles. The normalized spacial score (nSPS) is 31.6. The maximum Gasteiger partial charge on any atom is 0.0973 e. The van der Waals surface area contributed by atoms with Crippen LogP contribution in [0.4, 0.5) is 0 Å². The van der Waals surface area contributed by atoms with Gasteiger partial charge < -0.3 is 0 Å². The van der Waals surface area contributed by atoms with Crippen LogP contribution >= 0.6 is 67.6 Å². The summed E-state index contributed by atoms with van der Waals surface area (Å²) >= 11 is 10.1. The zero-order valence-electron chi connectivity index (χ0n) is 4.45. The lowest BCUT2D eigenvalue weighted by molar-refractivity contribution is 2.19. The molecule has 0 radical (unpaired) electrons. The quantitative estimate of drug-likeness (QED) is 0.357. The molecule has 0 aromatic rings. The SMILES string of the molecule is S=C1SSC1=C1SSC1=S. The lowest BCUT2D eigenvalue weighted by Gasteiger charge is -2.25. The molecule has 0 bridgehead atoms. The molecule has 0 N–H and O–H groups in total. The van der Waals surface area contributed by atoms with Gasteiger partial charge in [-0.1, -0.05) is 24.4 Å². The molecule has 2 fully saturated rings.